The van der Waals surface area contributed by atoms with Gasteiger partial charge in [-0.1, -0.05) is 5.16 Å². The topological polar surface area (TPSA) is 66.0 Å². The number of aryl methyl sites for hydroxylation is 1. The van der Waals surface area contributed by atoms with Crippen LogP contribution in [-0.4, -0.2) is 39.6 Å². The zero-order valence-electron chi connectivity index (χ0n) is 10.9. The second kappa shape index (κ2) is 4.93. The summed E-state index contributed by atoms with van der Waals surface area (Å²) < 4.78 is 38.8. The van der Waals surface area contributed by atoms with Gasteiger partial charge in [-0.25, -0.2) is 8.78 Å². The number of halogens is 2. The molecule has 2 aromatic heterocycles. The maximum absolute atomic E-state index is 13.5. The van der Waals surface area contributed by atoms with Crippen molar-refractivity contribution in [2.45, 2.75) is 24.7 Å². The summed E-state index contributed by atoms with van der Waals surface area (Å²) in [5.74, 6) is 0.249. The number of aromatic nitrogens is 4. The molecule has 0 bridgehead atoms. The lowest BCUT2D eigenvalue weighted by atomic mass is 9.80. The van der Waals surface area contributed by atoms with E-state index in [-0.39, 0.29) is 37.8 Å². The maximum Gasteiger partial charge on any atom is 0.253 e. The van der Waals surface area contributed by atoms with Crippen LogP contribution in [0.3, 0.4) is 0 Å². The third-order valence-corrected chi connectivity index (χ3v) is 3.70. The van der Waals surface area contributed by atoms with Gasteiger partial charge in [-0.2, -0.15) is 10.1 Å². The standard InChI is InChI=1S/C12H14F2N4O2/c1-18-8(2-5-15-18)9-16-11(20-17-9)12(10(13)14)3-6-19-7-4-12/h2,5,10H,3-4,6-7H2,1H3. The van der Waals surface area contributed by atoms with Crippen molar-refractivity contribution in [3.63, 3.8) is 0 Å². The summed E-state index contributed by atoms with van der Waals surface area (Å²) in [6.45, 7) is 0.543. The highest BCUT2D eigenvalue weighted by Crippen LogP contribution is 2.39. The number of nitrogens with zero attached hydrogens (tertiary/aromatic N) is 4. The molecule has 0 aliphatic carbocycles. The molecule has 0 saturated carbocycles. The molecule has 6 nitrogen and oxygen atoms in total. The number of rotatable bonds is 3. The van der Waals surface area contributed by atoms with Crippen LogP contribution in [0.15, 0.2) is 16.8 Å². The third kappa shape index (κ3) is 2.00. The van der Waals surface area contributed by atoms with Gasteiger partial charge in [0.2, 0.25) is 11.7 Å². The molecule has 0 amide bonds. The Labute approximate surface area is 113 Å². The second-order valence-electron chi connectivity index (χ2n) is 4.83. The molecule has 2 aromatic rings. The van der Waals surface area contributed by atoms with Crippen LogP contribution in [0.1, 0.15) is 18.7 Å². The monoisotopic (exact) mass is 284 g/mol. The first-order chi connectivity index (χ1) is 9.63. The molecule has 1 fully saturated rings. The summed E-state index contributed by atoms with van der Waals surface area (Å²) in [6, 6.07) is 1.70. The fourth-order valence-electron chi connectivity index (χ4n) is 2.38. The first-order valence-electron chi connectivity index (χ1n) is 6.32. The van der Waals surface area contributed by atoms with Gasteiger partial charge in [0.15, 0.2) is 0 Å². The van der Waals surface area contributed by atoms with E-state index < -0.39 is 11.8 Å². The molecule has 0 aromatic carbocycles. The average molecular weight is 284 g/mol. The van der Waals surface area contributed by atoms with Crippen LogP contribution in [-0.2, 0) is 17.2 Å². The highest BCUT2D eigenvalue weighted by molar-refractivity contribution is 5.47. The van der Waals surface area contributed by atoms with Crippen molar-refractivity contribution < 1.29 is 18.0 Å². The lowest BCUT2D eigenvalue weighted by Crippen LogP contribution is -2.40. The van der Waals surface area contributed by atoms with Gasteiger partial charge in [0.1, 0.15) is 11.1 Å². The van der Waals surface area contributed by atoms with E-state index in [1.807, 2.05) is 0 Å². The smallest absolute Gasteiger partial charge is 0.253 e. The Balaban J connectivity index is 1.97. The molecule has 1 saturated heterocycles. The van der Waals surface area contributed by atoms with Crippen molar-refractivity contribution in [2.75, 3.05) is 13.2 Å². The summed E-state index contributed by atoms with van der Waals surface area (Å²) >= 11 is 0. The van der Waals surface area contributed by atoms with Crippen molar-refractivity contribution >= 4 is 0 Å². The number of ether oxygens (including phenoxy) is 1. The SMILES string of the molecule is Cn1nccc1-c1noc(C2(C(F)F)CCOCC2)n1. The summed E-state index contributed by atoms with van der Waals surface area (Å²) in [7, 11) is 1.72. The highest BCUT2D eigenvalue weighted by atomic mass is 19.3. The summed E-state index contributed by atoms with van der Waals surface area (Å²) in [4.78, 5) is 4.16. The van der Waals surface area contributed by atoms with E-state index in [0.29, 0.717) is 5.69 Å². The van der Waals surface area contributed by atoms with E-state index in [2.05, 4.69) is 15.2 Å². The molecule has 3 heterocycles. The Kier molecular flexibility index (Phi) is 3.25. The second-order valence-corrected chi connectivity index (χ2v) is 4.83. The minimum absolute atomic E-state index is 0.0213. The van der Waals surface area contributed by atoms with Gasteiger partial charge in [-0.3, -0.25) is 4.68 Å². The molecule has 0 spiro atoms. The molecule has 8 heteroatoms. The molecule has 1 aliphatic rings. The molecule has 20 heavy (non-hydrogen) atoms. The van der Waals surface area contributed by atoms with Crippen molar-refractivity contribution in [3.05, 3.63) is 18.2 Å². The minimum Gasteiger partial charge on any atom is -0.381 e. The summed E-state index contributed by atoms with van der Waals surface area (Å²) in [5.41, 5.74) is -0.779. The van der Waals surface area contributed by atoms with Crippen LogP contribution in [0, 0.1) is 0 Å². The van der Waals surface area contributed by atoms with Crippen molar-refractivity contribution in [3.8, 4) is 11.5 Å². The normalized spacial score (nSPS) is 18.6. The van der Waals surface area contributed by atoms with Gasteiger partial charge in [-0.05, 0) is 18.9 Å². The molecular weight excluding hydrogens is 270 g/mol. The van der Waals surface area contributed by atoms with Crippen LogP contribution in [0.4, 0.5) is 8.78 Å². The predicted octanol–water partition coefficient (Wildman–Crippen LogP) is 1.78. The van der Waals surface area contributed by atoms with Gasteiger partial charge < -0.3 is 9.26 Å². The first-order valence-corrected chi connectivity index (χ1v) is 6.32. The van der Waals surface area contributed by atoms with E-state index in [9.17, 15) is 8.78 Å². The van der Waals surface area contributed by atoms with Gasteiger partial charge in [0.05, 0.1) is 0 Å². The molecular formula is C12H14F2N4O2. The minimum atomic E-state index is -2.56. The van der Waals surface area contributed by atoms with Gasteiger partial charge in [0, 0.05) is 26.5 Å². The molecule has 0 N–H and O–H groups in total. The molecule has 0 unspecified atom stereocenters. The van der Waals surface area contributed by atoms with Crippen LogP contribution in [0.5, 0.6) is 0 Å². The fraction of sp³-hybridized carbons (Fsp3) is 0.583. The molecule has 108 valence electrons. The van der Waals surface area contributed by atoms with Gasteiger partial charge >= 0.3 is 0 Å². The lowest BCUT2D eigenvalue weighted by molar-refractivity contribution is -0.0465. The quantitative estimate of drug-likeness (QED) is 0.859. The van der Waals surface area contributed by atoms with E-state index in [0.717, 1.165) is 0 Å². The lowest BCUT2D eigenvalue weighted by Gasteiger charge is -2.32. The van der Waals surface area contributed by atoms with Crippen LogP contribution >= 0.6 is 0 Å². The van der Waals surface area contributed by atoms with E-state index in [1.54, 1.807) is 24.0 Å². The zero-order chi connectivity index (χ0) is 14.2. The predicted molar refractivity (Wildman–Crippen MR) is 64.2 cm³/mol. The Morgan fingerprint density at radius 2 is 2.10 bits per heavy atom. The van der Waals surface area contributed by atoms with Crippen LogP contribution in [0.25, 0.3) is 11.5 Å². The molecule has 0 radical (unpaired) electrons. The Hall–Kier alpha value is -1.83. The Bertz CT molecular complexity index is 590. The van der Waals surface area contributed by atoms with Crippen LogP contribution < -0.4 is 0 Å². The number of hydrogen-bond acceptors (Lipinski definition) is 5. The summed E-state index contributed by atoms with van der Waals surface area (Å²) in [6.07, 6.45) is -0.621. The van der Waals surface area contributed by atoms with Crippen LogP contribution in [0.2, 0.25) is 0 Å². The molecule has 0 atom stereocenters. The molecule has 1 aliphatic heterocycles. The number of hydrogen-bond donors (Lipinski definition) is 0. The maximum atomic E-state index is 13.5. The zero-order valence-corrected chi connectivity index (χ0v) is 10.9. The Morgan fingerprint density at radius 3 is 2.70 bits per heavy atom. The van der Waals surface area contributed by atoms with E-state index in [1.165, 1.54) is 0 Å². The fourth-order valence-corrected chi connectivity index (χ4v) is 2.38. The van der Waals surface area contributed by atoms with E-state index in [4.69, 9.17) is 9.26 Å². The van der Waals surface area contributed by atoms with Crippen molar-refractivity contribution in [2.24, 2.45) is 7.05 Å². The average Bonchev–Trinajstić information content (AvgIpc) is 3.08. The first kappa shape index (κ1) is 13.2. The van der Waals surface area contributed by atoms with Gasteiger partial charge in [0.25, 0.3) is 6.43 Å². The van der Waals surface area contributed by atoms with Crippen molar-refractivity contribution in [1.82, 2.24) is 19.9 Å². The largest absolute Gasteiger partial charge is 0.381 e. The number of alkyl halides is 2. The third-order valence-electron chi connectivity index (χ3n) is 3.70. The highest BCUT2D eigenvalue weighted by Gasteiger charge is 2.48. The van der Waals surface area contributed by atoms with Crippen molar-refractivity contribution in [1.29, 1.82) is 0 Å². The van der Waals surface area contributed by atoms with E-state index >= 15 is 0 Å². The Morgan fingerprint density at radius 1 is 1.35 bits per heavy atom. The summed E-state index contributed by atoms with van der Waals surface area (Å²) in [5, 5.41) is 7.80. The molecule has 3 rings (SSSR count). The van der Waals surface area contributed by atoms with Gasteiger partial charge in [-0.15, -0.1) is 0 Å².